The van der Waals surface area contributed by atoms with E-state index in [1.165, 1.54) is 16.7 Å². The van der Waals surface area contributed by atoms with Gasteiger partial charge in [0.1, 0.15) is 6.29 Å². The van der Waals surface area contributed by atoms with Gasteiger partial charge in [-0.2, -0.15) is 0 Å². The molecule has 2 nitrogen and oxygen atoms in total. The van der Waals surface area contributed by atoms with E-state index in [0.29, 0.717) is 12.5 Å². The molecule has 1 aliphatic rings. The Bertz CT molecular complexity index is 656. The largest absolute Gasteiger partial charge is 0.376 e. The Balaban J connectivity index is 1.48. The lowest BCUT2D eigenvalue weighted by atomic mass is 9.87. The molecule has 0 fully saturated rings. The third-order valence-electron chi connectivity index (χ3n) is 4.40. The van der Waals surface area contributed by atoms with Crippen LogP contribution in [0.5, 0.6) is 0 Å². The molecule has 0 aliphatic heterocycles. The highest BCUT2D eigenvalue weighted by molar-refractivity contribution is 5.76. The highest BCUT2D eigenvalue weighted by atomic mass is 16.5. The van der Waals surface area contributed by atoms with E-state index in [1.807, 2.05) is 42.5 Å². The van der Waals surface area contributed by atoms with Crippen molar-refractivity contribution < 1.29 is 9.53 Å². The molecule has 0 bridgehead atoms. The normalized spacial score (nSPS) is 17.6. The molecule has 0 saturated heterocycles. The maximum Gasteiger partial charge on any atom is 0.150 e. The molecule has 0 saturated carbocycles. The zero-order valence-electron chi connectivity index (χ0n) is 13.3. The Kier molecular flexibility index (Phi) is 5.38. The third-order valence-corrected chi connectivity index (χ3v) is 4.40. The third kappa shape index (κ3) is 4.40. The predicted molar refractivity (Wildman–Crippen MR) is 93.2 cm³/mol. The molecule has 3 rings (SSSR count). The quantitative estimate of drug-likeness (QED) is 0.710. The zero-order valence-corrected chi connectivity index (χ0v) is 13.3. The van der Waals surface area contributed by atoms with Gasteiger partial charge in [-0.1, -0.05) is 60.7 Å². The lowest BCUT2D eigenvalue weighted by Gasteiger charge is -2.22. The highest BCUT2D eigenvalue weighted by Gasteiger charge is 2.15. The fourth-order valence-corrected chi connectivity index (χ4v) is 3.00. The van der Waals surface area contributed by atoms with Crippen LogP contribution in [0.1, 0.15) is 40.7 Å². The van der Waals surface area contributed by atoms with Crippen molar-refractivity contribution in [2.45, 2.75) is 25.9 Å². The van der Waals surface area contributed by atoms with Crippen LogP contribution in [0.3, 0.4) is 0 Å². The van der Waals surface area contributed by atoms with Crippen molar-refractivity contribution in [1.82, 2.24) is 0 Å². The van der Waals surface area contributed by atoms with E-state index in [4.69, 9.17) is 4.74 Å². The molecule has 0 amide bonds. The average Bonchev–Trinajstić information content (AvgIpc) is 2.63. The first kappa shape index (κ1) is 15.7. The zero-order chi connectivity index (χ0) is 15.9. The number of aldehydes is 1. The molecule has 118 valence electrons. The Morgan fingerprint density at radius 1 is 1.04 bits per heavy atom. The molecular weight excluding hydrogens is 284 g/mol. The standard InChI is InChI=1S/C21H22O2/c22-14-17-6-10-20(11-7-17)21-12-8-19(9-13-21)16-23-15-18-4-2-1-3-5-18/h1-7,10-12,14,19H,8-9,13,15-16H2. The van der Waals surface area contributed by atoms with Crippen molar-refractivity contribution in [1.29, 1.82) is 0 Å². The number of benzene rings is 2. The molecule has 0 aromatic heterocycles. The maximum atomic E-state index is 10.7. The van der Waals surface area contributed by atoms with Crippen LogP contribution >= 0.6 is 0 Å². The van der Waals surface area contributed by atoms with E-state index in [9.17, 15) is 4.79 Å². The average molecular weight is 306 g/mol. The number of allylic oxidation sites excluding steroid dienone is 2. The van der Waals surface area contributed by atoms with Crippen LogP contribution in [-0.2, 0) is 11.3 Å². The molecule has 1 atom stereocenters. The number of ether oxygens (including phenoxy) is 1. The van der Waals surface area contributed by atoms with Crippen LogP contribution in [0.4, 0.5) is 0 Å². The van der Waals surface area contributed by atoms with Crippen LogP contribution in [0, 0.1) is 5.92 Å². The van der Waals surface area contributed by atoms with Gasteiger partial charge in [-0.05, 0) is 41.9 Å². The van der Waals surface area contributed by atoms with Crippen molar-refractivity contribution in [2.24, 2.45) is 5.92 Å². The summed E-state index contributed by atoms with van der Waals surface area (Å²) in [5.41, 5.74) is 4.59. The van der Waals surface area contributed by atoms with E-state index in [1.54, 1.807) is 0 Å². The molecule has 0 spiro atoms. The van der Waals surface area contributed by atoms with E-state index >= 15 is 0 Å². The number of carbonyl (C=O) groups is 1. The van der Waals surface area contributed by atoms with Gasteiger partial charge < -0.3 is 4.74 Å². The van der Waals surface area contributed by atoms with Gasteiger partial charge in [-0.25, -0.2) is 0 Å². The molecule has 0 heterocycles. The second-order valence-corrected chi connectivity index (χ2v) is 6.11. The summed E-state index contributed by atoms with van der Waals surface area (Å²) in [5, 5.41) is 0. The molecular formula is C21H22O2. The Hall–Kier alpha value is -2.19. The summed E-state index contributed by atoms with van der Waals surface area (Å²) in [5.74, 6) is 0.608. The number of hydrogen-bond acceptors (Lipinski definition) is 2. The summed E-state index contributed by atoms with van der Waals surface area (Å²) in [4.78, 5) is 10.7. The minimum atomic E-state index is 0.608. The summed E-state index contributed by atoms with van der Waals surface area (Å²) in [7, 11) is 0. The van der Waals surface area contributed by atoms with Crippen molar-refractivity contribution in [3.8, 4) is 0 Å². The smallest absolute Gasteiger partial charge is 0.150 e. The minimum absolute atomic E-state index is 0.608. The first-order valence-electron chi connectivity index (χ1n) is 8.21. The van der Waals surface area contributed by atoms with E-state index in [2.05, 4.69) is 18.2 Å². The Morgan fingerprint density at radius 3 is 2.48 bits per heavy atom. The molecule has 1 aliphatic carbocycles. The molecule has 0 N–H and O–H groups in total. The van der Waals surface area contributed by atoms with E-state index in [-0.39, 0.29) is 0 Å². The van der Waals surface area contributed by atoms with Gasteiger partial charge in [0, 0.05) is 5.56 Å². The monoisotopic (exact) mass is 306 g/mol. The van der Waals surface area contributed by atoms with Crippen molar-refractivity contribution in [3.63, 3.8) is 0 Å². The van der Waals surface area contributed by atoms with Crippen LogP contribution in [0.15, 0.2) is 60.7 Å². The van der Waals surface area contributed by atoms with Gasteiger partial charge in [0.15, 0.2) is 0 Å². The van der Waals surface area contributed by atoms with E-state index < -0.39 is 0 Å². The van der Waals surface area contributed by atoms with Gasteiger partial charge in [-0.3, -0.25) is 4.79 Å². The van der Waals surface area contributed by atoms with Crippen LogP contribution in [0.2, 0.25) is 0 Å². The lowest BCUT2D eigenvalue weighted by Crippen LogP contribution is -2.12. The van der Waals surface area contributed by atoms with Crippen LogP contribution < -0.4 is 0 Å². The van der Waals surface area contributed by atoms with Crippen molar-refractivity contribution >= 4 is 11.9 Å². The first-order chi connectivity index (χ1) is 11.3. The number of carbonyl (C=O) groups excluding carboxylic acids is 1. The molecule has 0 radical (unpaired) electrons. The van der Waals surface area contributed by atoms with Crippen molar-refractivity contribution in [2.75, 3.05) is 6.61 Å². The second-order valence-electron chi connectivity index (χ2n) is 6.11. The summed E-state index contributed by atoms with van der Waals surface area (Å²) in [6.45, 7) is 1.52. The van der Waals surface area contributed by atoms with Gasteiger partial charge in [0.2, 0.25) is 0 Å². The minimum Gasteiger partial charge on any atom is -0.376 e. The van der Waals surface area contributed by atoms with Crippen molar-refractivity contribution in [3.05, 3.63) is 77.4 Å². The van der Waals surface area contributed by atoms with Crippen LogP contribution in [-0.4, -0.2) is 12.9 Å². The summed E-state index contributed by atoms with van der Waals surface area (Å²) in [6, 6.07) is 18.2. The van der Waals surface area contributed by atoms with Gasteiger partial charge in [0.05, 0.1) is 13.2 Å². The van der Waals surface area contributed by atoms with Gasteiger partial charge in [0.25, 0.3) is 0 Å². The summed E-state index contributed by atoms with van der Waals surface area (Å²) in [6.07, 6.45) is 6.53. The molecule has 1 unspecified atom stereocenters. The summed E-state index contributed by atoms with van der Waals surface area (Å²) >= 11 is 0. The molecule has 23 heavy (non-hydrogen) atoms. The molecule has 2 heteroatoms. The summed E-state index contributed by atoms with van der Waals surface area (Å²) < 4.78 is 5.86. The number of hydrogen-bond donors (Lipinski definition) is 0. The van der Waals surface area contributed by atoms with Gasteiger partial charge >= 0.3 is 0 Å². The number of rotatable bonds is 6. The maximum absolute atomic E-state index is 10.7. The first-order valence-corrected chi connectivity index (χ1v) is 8.21. The topological polar surface area (TPSA) is 26.3 Å². The highest BCUT2D eigenvalue weighted by Crippen LogP contribution is 2.30. The molecule has 2 aromatic carbocycles. The SMILES string of the molecule is O=Cc1ccc(C2=CCC(COCc3ccccc3)CC2)cc1. The van der Waals surface area contributed by atoms with Gasteiger partial charge in [-0.15, -0.1) is 0 Å². The second kappa shape index (κ2) is 7.89. The van der Waals surface area contributed by atoms with E-state index in [0.717, 1.165) is 37.7 Å². The Labute approximate surface area is 137 Å². The fraction of sp³-hybridized carbons (Fsp3) is 0.286. The fourth-order valence-electron chi connectivity index (χ4n) is 3.00. The van der Waals surface area contributed by atoms with Crippen LogP contribution in [0.25, 0.3) is 5.57 Å². The lowest BCUT2D eigenvalue weighted by molar-refractivity contribution is 0.0843. The molecule has 2 aromatic rings. The Morgan fingerprint density at radius 2 is 1.83 bits per heavy atom. The predicted octanol–water partition coefficient (Wildman–Crippen LogP) is 4.90.